The fourth-order valence-electron chi connectivity index (χ4n) is 1.78. The molecule has 2 aromatic rings. The minimum Gasteiger partial charge on any atom is -0.310 e. The topological polar surface area (TPSA) is 44.0 Å². The number of nitrogens with zero attached hydrogens (tertiary/aromatic N) is 2. The van der Waals surface area contributed by atoms with Gasteiger partial charge < -0.3 is 4.57 Å². The summed E-state index contributed by atoms with van der Waals surface area (Å²) in [5.41, 5.74) is 0.711. The highest BCUT2D eigenvalue weighted by molar-refractivity contribution is 5.39. The molecule has 0 unspecified atom stereocenters. The fourth-order valence-corrected chi connectivity index (χ4v) is 1.78. The second kappa shape index (κ2) is 4.41. The lowest BCUT2D eigenvalue weighted by molar-refractivity contribution is 0.692. The van der Waals surface area contributed by atoms with Gasteiger partial charge in [-0.3, -0.25) is 14.2 Å². The van der Waals surface area contributed by atoms with Gasteiger partial charge in [-0.2, -0.15) is 0 Å². The van der Waals surface area contributed by atoms with Crippen molar-refractivity contribution in [2.45, 2.75) is 20.4 Å². The molecule has 0 saturated heterocycles. The van der Waals surface area contributed by atoms with E-state index < -0.39 is 11.1 Å². The number of hydrogen-bond donors (Lipinski definition) is 0. The van der Waals surface area contributed by atoms with Crippen LogP contribution in [0.1, 0.15) is 12.5 Å². The first-order valence-corrected chi connectivity index (χ1v) is 5.53. The van der Waals surface area contributed by atoms with Crippen LogP contribution in [0.4, 0.5) is 0 Å². The van der Waals surface area contributed by atoms with E-state index in [4.69, 9.17) is 0 Å². The van der Waals surface area contributed by atoms with Gasteiger partial charge in [0.15, 0.2) is 0 Å². The molecule has 4 nitrogen and oxygen atoms in total. The molecule has 0 saturated carbocycles. The Morgan fingerprint density at radius 2 is 1.76 bits per heavy atom. The molecular formula is C13H14N2O2. The second-order valence-electron chi connectivity index (χ2n) is 3.85. The lowest BCUT2D eigenvalue weighted by Gasteiger charge is -2.09. The zero-order valence-corrected chi connectivity index (χ0v) is 9.88. The molecule has 0 aliphatic heterocycles. The van der Waals surface area contributed by atoms with Gasteiger partial charge in [-0.15, -0.1) is 0 Å². The monoisotopic (exact) mass is 230 g/mol. The third-order valence-electron chi connectivity index (χ3n) is 2.77. The zero-order valence-electron chi connectivity index (χ0n) is 9.88. The molecule has 88 valence electrons. The summed E-state index contributed by atoms with van der Waals surface area (Å²) >= 11 is 0. The van der Waals surface area contributed by atoms with Crippen LogP contribution in [-0.2, 0) is 6.54 Å². The molecule has 1 heterocycles. The Labute approximate surface area is 98.8 Å². The maximum absolute atomic E-state index is 11.9. The molecule has 1 aromatic carbocycles. The number of rotatable bonds is 2. The van der Waals surface area contributed by atoms with Crippen molar-refractivity contribution in [1.82, 2.24) is 9.13 Å². The largest absolute Gasteiger partial charge is 0.320 e. The van der Waals surface area contributed by atoms with Gasteiger partial charge in [-0.25, -0.2) is 0 Å². The summed E-state index contributed by atoms with van der Waals surface area (Å²) in [6, 6.07) is 7.48. The quantitative estimate of drug-likeness (QED) is 0.730. The molecule has 0 aliphatic rings. The number of benzene rings is 1. The lowest BCUT2D eigenvalue weighted by atomic mass is 10.2. The Morgan fingerprint density at radius 3 is 2.41 bits per heavy atom. The highest BCUT2D eigenvalue weighted by Crippen LogP contribution is 2.09. The van der Waals surface area contributed by atoms with Gasteiger partial charge in [-0.1, -0.05) is 18.2 Å². The number of aromatic nitrogens is 2. The van der Waals surface area contributed by atoms with Gasteiger partial charge in [0.05, 0.1) is 5.69 Å². The molecule has 2 rings (SSSR count). The molecule has 4 heteroatoms. The minimum atomic E-state index is -0.511. The van der Waals surface area contributed by atoms with E-state index in [1.165, 1.54) is 9.13 Å². The molecule has 0 N–H and O–H groups in total. The van der Waals surface area contributed by atoms with Crippen molar-refractivity contribution in [2.75, 3.05) is 0 Å². The van der Waals surface area contributed by atoms with Gasteiger partial charge in [0.25, 0.3) is 0 Å². The van der Waals surface area contributed by atoms with Gasteiger partial charge in [0.1, 0.15) is 0 Å². The third kappa shape index (κ3) is 1.93. The average Bonchev–Trinajstić information content (AvgIpc) is 2.34. The SMILES string of the molecule is CCn1ccn(-c2ccccc2C)c(=O)c1=O. The van der Waals surface area contributed by atoms with E-state index in [1.807, 2.05) is 38.1 Å². The van der Waals surface area contributed by atoms with Crippen LogP contribution in [0.15, 0.2) is 46.2 Å². The molecule has 0 atom stereocenters. The van der Waals surface area contributed by atoms with Crippen LogP contribution < -0.4 is 11.1 Å². The highest BCUT2D eigenvalue weighted by atomic mass is 16.2. The Morgan fingerprint density at radius 1 is 1.06 bits per heavy atom. The summed E-state index contributed by atoms with van der Waals surface area (Å²) < 4.78 is 2.79. The van der Waals surface area contributed by atoms with Crippen LogP contribution in [0.5, 0.6) is 0 Å². The summed E-state index contributed by atoms with van der Waals surface area (Å²) in [5, 5.41) is 0. The Kier molecular flexibility index (Phi) is 2.95. The summed E-state index contributed by atoms with van der Waals surface area (Å²) in [6.45, 7) is 4.24. The van der Waals surface area contributed by atoms with Crippen molar-refractivity contribution >= 4 is 0 Å². The molecular weight excluding hydrogens is 216 g/mol. The molecule has 0 amide bonds. The van der Waals surface area contributed by atoms with Crippen molar-refractivity contribution < 1.29 is 0 Å². The second-order valence-corrected chi connectivity index (χ2v) is 3.85. The number of para-hydroxylation sites is 1. The van der Waals surface area contributed by atoms with Crippen LogP contribution >= 0.6 is 0 Å². The van der Waals surface area contributed by atoms with Crippen LogP contribution in [-0.4, -0.2) is 9.13 Å². The fraction of sp³-hybridized carbons (Fsp3) is 0.231. The van der Waals surface area contributed by atoms with Crippen molar-refractivity contribution in [3.63, 3.8) is 0 Å². The summed E-state index contributed by atoms with van der Waals surface area (Å²) in [5.74, 6) is 0. The molecule has 0 radical (unpaired) electrons. The van der Waals surface area contributed by atoms with E-state index in [-0.39, 0.29) is 0 Å². The third-order valence-corrected chi connectivity index (χ3v) is 2.77. The maximum atomic E-state index is 11.9. The highest BCUT2D eigenvalue weighted by Gasteiger charge is 2.06. The van der Waals surface area contributed by atoms with Crippen molar-refractivity contribution in [3.8, 4) is 5.69 Å². The van der Waals surface area contributed by atoms with Crippen molar-refractivity contribution in [1.29, 1.82) is 0 Å². The van der Waals surface area contributed by atoms with E-state index >= 15 is 0 Å². The normalized spacial score (nSPS) is 10.5. The Balaban J connectivity index is 2.71. The van der Waals surface area contributed by atoms with Crippen LogP contribution in [0.2, 0.25) is 0 Å². The van der Waals surface area contributed by atoms with Crippen LogP contribution in [0.25, 0.3) is 5.69 Å². The lowest BCUT2D eigenvalue weighted by Crippen LogP contribution is -2.39. The molecule has 17 heavy (non-hydrogen) atoms. The van der Waals surface area contributed by atoms with E-state index in [0.29, 0.717) is 6.54 Å². The van der Waals surface area contributed by atoms with E-state index in [1.54, 1.807) is 12.4 Å². The van der Waals surface area contributed by atoms with Crippen molar-refractivity contribution in [2.24, 2.45) is 0 Å². The molecule has 0 fully saturated rings. The zero-order chi connectivity index (χ0) is 12.4. The number of aryl methyl sites for hydroxylation is 2. The maximum Gasteiger partial charge on any atom is 0.320 e. The Bertz CT molecular complexity index is 653. The van der Waals surface area contributed by atoms with E-state index in [0.717, 1.165) is 11.3 Å². The smallest absolute Gasteiger partial charge is 0.310 e. The standard InChI is InChI=1S/C13H14N2O2/c1-3-14-8-9-15(13(17)12(14)16)11-7-5-4-6-10(11)2/h4-9H,3H2,1-2H3. The number of hydrogen-bond acceptors (Lipinski definition) is 2. The Hall–Kier alpha value is -2.10. The molecule has 0 spiro atoms. The first-order chi connectivity index (χ1) is 8.15. The predicted molar refractivity (Wildman–Crippen MR) is 66.7 cm³/mol. The van der Waals surface area contributed by atoms with Gasteiger partial charge in [0, 0.05) is 18.9 Å². The van der Waals surface area contributed by atoms with Gasteiger partial charge in [-0.05, 0) is 25.5 Å². The van der Waals surface area contributed by atoms with E-state index in [2.05, 4.69) is 0 Å². The molecule has 1 aromatic heterocycles. The minimum absolute atomic E-state index is 0.488. The summed E-state index contributed by atoms with van der Waals surface area (Å²) in [4.78, 5) is 23.7. The van der Waals surface area contributed by atoms with E-state index in [9.17, 15) is 9.59 Å². The first kappa shape index (κ1) is 11.4. The van der Waals surface area contributed by atoms with Crippen LogP contribution in [0, 0.1) is 6.92 Å². The summed E-state index contributed by atoms with van der Waals surface area (Å²) in [7, 11) is 0. The first-order valence-electron chi connectivity index (χ1n) is 5.53. The predicted octanol–water partition coefficient (Wildman–Crippen LogP) is 1.33. The van der Waals surface area contributed by atoms with Gasteiger partial charge >= 0.3 is 11.1 Å². The molecule has 0 aliphatic carbocycles. The van der Waals surface area contributed by atoms with Crippen LogP contribution in [0.3, 0.4) is 0 Å². The average molecular weight is 230 g/mol. The van der Waals surface area contributed by atoms with Gasteiger partial charge in [0.2, 0.25) is 0 Å². The summed E-state index contributed by atoms with van der Waals surface area (Å²) in [6.07, 6.45) is 3.27. The molecule has 0 bridgehead atoms. The van der Waals surface area contributed by atoms with Crippen molar-refractivity contribution in [3.05, 3.63) is 62.9 Å².